The summed E-state index contributed by atoms with van der Waals surface area (Å²) in [6, 6.07) is 11.8. The van der Waals surface area contributed by atoms with Crippen molar-refractivity contribution in [2.45, 2.75) is 6.92 Å². The third-order valence-electron chi connectivity index (χ3n) is 4.49. The number of thiazole rings is 1. The van der Waals surface area contributed by atoms with Gasteiger partial charge in [-0.25, -0.2) is 4.68 Å². The van der Waals surface area contributed by atoms with Gasteiger partial charge in [0.25, 0.3) is 0 Å². The summed E-state index contributed by atoms with van der Waals surface area (Å²) < 4.78 is 19.3. The maximum absolute atomic E-state index is 5.53. The number of aromatic nitrogens is 1. The molecule has 0 amide bonds. The molecule has 0 fully saturated rings. The molecule has 162 valence electrons. The van der Waals surface area contributed by atoms with Crippen LogP contribution in [0, 0.1) is 0 Å². The predicted octanol–water partition coefficient (Wildman–Crippen LogP) is 5.36. The Bertz CT molecular complexity index is 1160. The SMILES string of the molecule is C=CCN=c1scc(-c2cc(OC)c(OC)c(OC)c2)n1N=C(C)c1cccc(Br)c1. The van der Waals surface area contributed by atoms with Crippen molar-refractivity contribution in [3.8, 4) is 28.5 Å². The summed E-state index contributed by atoms with van der Waals surface area (Å²) >= 11 is 5.03. The number of benzene rings is 2. The Labute approximate surface area is 194 Å². The largest absolute Gasteiger partial charge is 0.493 e. The molecule has 31 heavy (non-hydrogen) atoms. The van der Waals surface area contributed by atoms with Crippen molar-refractivity contribution in [1.82, 2.24) is 4.68 Å². The Kier molecular flexibility index (Phi) is 7.70. The molecule has 0 N–H and O–H groups in total. The van der Waals surface area contributed by atoms with Gasteiger partial charge in [-0.3, -0.25) is 4.99 Å². The Morgan fingerprint density at radius 1 is 1.13 bits per heavy atom. The maximum Gasteiger partial charge on any atom is 0.206 e. The topological polar surface area (TPSA) is 57.3 Å². The van der Waals surface area contributed by atoms with E-state index in [1.807, 2.05) is 53.4 Å². The van der Waals surface area contributed by atoms with Crippen LogP contribution in [0.1, 0.15) is 12.5 Å². The summed E-state index contributed by atoms with van der Waals surface area (Å²) in [7, 11) is 4.79. The number of ether oxygens (including phenoxy) is 3. The Morgan fingerprint density at radius 2 is 1.84 bits per heavy atom. The molecule has 1 aromatic heterocycles. The third kappa shape index (κ3) is 5.08. The molecule has 0 saturated heterocycles. The van der Waals surface area contributed by atoms with Crippen LogP contribution < -0.4 is 19.0 Å². The number of methoxy groups -OCH3 is 3. The quantitative estimate of drug-likeness (QED) is 0.308. The molecule has 0 saturated carbocycles. The van der Waals surface area contributed by atoms with Crippen molar-refractivity contribution in [3.05, 3.63) is 69.3 Å². The average molecular weight is 502 g/mol. The van der Waals surface area contributed by atoms with Crippen molar-refractivity contribution >= 4 is 33.0 Å². The first-order chi connectivity index (χ1) is 15.0. The molecule has 0 aliphatic rings. The summed E-state index contributed by atoms with van der Waals surface area (Å²) in [6.45, 7) is 6.24. The summed E-state index contributed by atoms with van der Waals surface area (Å²) in [5, 5.41) is 6.91. The van der Waals surface area contributed by atoms with Crippen molar-refractivity contribution in [2.24, 2.45) is 10.1 Å². The zero-order valence-electron chi connectivity index (χ0n) is 17.9. The molecule has 8 heteroatoms. The van der Waals surface area contributed by atoms with E-state index in [0.29, 0.717) is 23.8 Å². The average Bonchev–Trinajstić information content (AvgIpc) is 3.18. The first-order valence-electron chi connectivity index (χ1n) is 9.46. The van der Waals surface area contributed by atoms with Crippen LogP contribution in [0.25, 0.3) is 11.3 Å². The Balaban J connectivity index is 2.22. The van der Waals surface area contributed by atoms with E-state index < -0.39 is 0 Å². The van der Waals surface area contributed by atoms with Gasteiger partial charge in [-0.15, -0.1) is 17.9 Å². The van der Waals surface area contributed by atoms with Crippen LogP contribution in [0.15, 0.2) is 69.0 Å². The van der Waals surface area contributed by atoms with E-state index in [-0.39, 0.29) is 0 Å². The molecular formula is C23H24BrN3O3S. The molecule has 0 aliphatic heterocycles. The van der Waals surface area contributed by atoms with Crippen LogP contribution in [0.2, 0.25) is 0 Å². The highest BCUT2D eigenvalue weighted by Gasteiger charge is 2.17. The zero-order chi connectivity index (χ0) is 22.4. The minimum absolute atomic E-state index is 0.501. The van der Waals surface area contributed by atoms with Gasteiger partial charge in [-0.05, 0) is 36.8 Å². The van der Waals surface area contributed by atoms with Gasteiger partial charge < -0.3 is 14.2 Å². The van der Waals surface area contributed by atoms with Gasteiger partial charge in [0, 0.05) is 15.4 Å². The van der Waals surface area contributed by atoms with E-state index in [1.165, 1.54) is 11.3 Å². The fourth-order valence-electron chi connectivity index (χ4n) is 3.00. The fourth-order valence-corrected chi connectivity index (χ4v) is 4.24. The molecule has 0 unspecified atom stereocenters. The minimum atomic E-state index is 0.501. The van der Waals surface area contributed by atoms with E-state index >= 15 is 0 Å². The van der Waals surface area contributed by atoms with E-state index in [9.17, 15) is 0 Å². The van der Waals surface area contributed by atoms with Crippen molar-refractivity contribution in [1.29, 1.82) is 0 Å². The number of hydrogen-bond donors (Lipinski definition) is 0. The summed E-state index contributed by atoms with van der Waals surface area (Å²) in [5.41, 5.74) is 3.60. The lowest BCUT2D eigenvalue weighted by molar-refractivity contribution is 0.324. The monoisotopic (exact) mass is 501 g/mol. The zero-order valence-corrected chi connectivity index (χ0v) is 20.3. The van der Waals surface area contributed by atoms with Crippen LogP contribution in [0.3, 0.4) is 0 Å². The Morgan fingerprint density at radius 3 is 2.42 bits per heavy atom. The van der Waals surface area contributed by atoms with E-state index in [1.54, 1.807) is 27.4 Å². The third-order valence-corrected chi connectivity index (χ3v) is 5.84. The summed E-state index contributed by atoms with van der Waals surface area (Å²) in [5.74, 6) is 1.69. The highest BCUT2D eigenvalue weighted by Crippen LogP contribution is 2.41. The van der Waals surface area contributed by atoms with Gasteiger partial charge in [-0.2, -0.15) is 5.10 Å². The van der Waals surface area contributed by atoms with Crippen molar-refractivity contribution in [2.75, 3.05) is 27.9 Å². The lowest BCUT2D eigenvalue weighted by Crippen LogP contribution is -2.14. The fraction of sp³-hybridized carbons (Fsp3) is 0.217. The molecule has 3 aromatic rings. The van der Waals surface area contributed by atoms with Gasteiger partial charge in [-0.1, -0.05) is 34.1 Å². The molecule has 0 spiro atoms. The van der Waals surface area contributed by atoms with Crippen molar-refractivity contribution < 1.29 is 14.2 Å². The molecule has 0 atom stereocenters. The molecule has 2 aromatic carbocycles. The van der Waals surface area contributed by atoms with Gasteiger partial charge in [0.2, 0.25) is 10.6 Å². The molecule has 1 heterocycles. The minimum Gasteiger partial charge on any atom is -0.493 e. The highest BCUT2D eigenvalue weighted by atomic mass is 79.9. The van der Waals surface area contributed by atoms with Gasteiger partial charge in [0.15, 0.2) is 11.5 Å². The summed E-state index contributed by atoms with van der Waals surface area (Å²) in [6.07, 6.45) is 1.76. The number of halogens is 1. The first-order valence-corrected chi connectivity index (χ1v) is 11.1. The standard InChI is InChI=1S/C23H24BrN3O3S/c1-6-10-25-23-27(26-15(2)16-8-7-9-18(24)11-16)19(14-31-23)17-12-20(28-3)22(30-5)21(13-17)29-4/h6-9,11-14H,1,10H2,2-5H3. The second kappa shape index (κ2) is 10.5. The number of rotatable bonds is 8. The van der Waals surface area contributed by atoms with Crippen LogP contribution in [-0.4, -0.2) is 38.3 Å². The predicted molar refractivity (Wildman–Crippen MR) is 130 cm³/mol. The molecule has 3 rings (SSSR count). The van der Waals surface area contributed by atoms with E-state index in [2.05, 4.69) is 27.5 Å². The van der Waals surface area contributed by atoms with Gasteiger partial charge in [0.1, 0.15) is 0 Å². The Hall–Kier alpha value is -2.84. The second-order valence-electron chi connectivity index (χ2n) is 6.45. The van der Waals surface area contributed by atoms with E-state index in [4.69, 9.17) is 19.3 Å². The lowest BCUT2D eigenvalue weighted by Gasteiger charge is -2.14. The lowest BCUT2D eigenvalue weighted by atomic mass is 10.1. The first kappa shape index (κ1) is 22.8. The van der Waals surface area contributed by atoms with Crippen LogP contribution >= 0.6 is 27.3 Å². The molecular weight excluding hydrogens is 478 g/mol. The second-order valence-corrected chi connectivity index (χ2v) is 8.21. The van der Waals surface area contributed by atoms with Crippen LogP contribution in [-0.2, 0) is 0 Å². The summed E-state index contributed by atoms with van der Waals surface area (Å²) in [4.78, 5) is 5.38. The molecule has 6 nitrogen and oxygen atoms in total. The molecule has 0 bridgehead atoms. The molecule has 0 radical (unpaired) electrons. The normalized spacial score (nSPS) is 12.0. The maximum atomic E-state index is 5.53. The molecule has 0 aliphatic carbocycles. The van der Waals surface area contributed by atoms with Crippen molar-refractivity contribution in [3.63, 3.8) is 0 Å². The highest BCUT2D eigenvalue weighted by molar-refractivity contribution is 9.10. The number of hydrogen-bond acceptors (Lipinski definition) is 6. The van der Waals surface area contributed by atoms with Gasteiger partial charge >= 0.3 is 0 Å². The smallest absolute Gasteiger partial charge is 0.206 e. The van der Waals surface area contributed by atoms with Crippen LogP contribution in [0.5, 0.6) is 17.2 Å². The van der Waals surface area contributed by atoms with Gasteiger partial charge in [0.05, 0.1) is 39.3 Å². The van der Waals surface area contributed by atoms with Crippen LogP contribution in [0.4, 0.5) is 0 Å². The van der Waals surface area contributed by atoms with E-state index in [0.717, 1.165) is 31.8 Å². The number of nitrogens with zero attached hydrogens (tertiary/aromatic N) is 3.